The van der Waals surface area contributed by atoms with Crippen LogP contribution in [0.25, 0.3) is 55.7 Å². The lowest BCUT2D eigenvalue weighted by atomic mass is 10.1. The van der Waals surface area contributed by atoms with E-state index in [1.54, 1.807) is 24.9 Å². The van der Waals surface area contributed by atoms with Gasteiger partial charge in [0.2, 0.25) is 0 Å². The summed E-state index contributed by atoms with van der Waals surface area (Å²) >= 11 is 0. The van der Waals surface area contributed by atoms with Gasteiger partial charge < -0.3 is 9.40 Å². The van der Waals surface area contributed by atoms with Crippen LogP contribution in [0.4, 0.5) is 0 Å². The zero-order valence-electron chi connectivity index (χ0n) is 15.3. The van der Waals surface area contributed by atoms with Crippen LogP contribution in [0, 0.1) is 0 Å². The molecule has 0 bridgehead atoms. The summed E-state index contributed by atoms with van der Waals surface area (Å²) in [5.74, 6) is 0. The minimum Gasteiger partial charge on any atom is -0.472 e. The van der Waals surface area contributed by atoms with E-state index in [0.29, 0.717) is 0 Å². The Balaban J connectivity index is 1.53. The molecular formula is C23H15N5O. The Bertz CT molecular complexity index is 1450. The molecule has 0 aliphatic carbocycles. The highest BCUT2D eigenvalue weighted by Gasteiger charge is 2.15. The smallest absolute Gasteiger partial charge is 0.138 e. The van der Waals surface area contributed by atoms with Crippen LogP contribution in [0.2, 0.25) is 0 Å². The van der Waals surface area contributed by atoms with Crippen molar-refractivity contribution >= 4 is 21.9 Å². The van der Waals surface area contributed by atoms with Gasteiger partial charge in [-0.2, -0.15) is 5.10 Å². The third-order valence-electron chi connectivity index (χ3n) is 5.14. The van der Waals surface area contributed by atoms with Crippen molar-refractivity contribution in [3.8, 4) is 33.8 Å². The van der Waals surface area contributed by atoms with E-state index in [1.165, 1.54) is 0 Å². The van der Waals surface area contributed by atoms with Crippen LogP contribution in [0.3, 0.4) is 0 Å². The lowest BCUT2D eigenvalue weighted by molar-refractivity contribution is 0.568. The summed E-state index contributed by atoms with van der Waals surface area (Å²) in [6, 6.07) is 18.1. The Kier molecular flexibility index (Phi) is 3.37. The number of H-pyrrole nitrogens is 2. The van der Waals surface area contributed by atoms with E-state index < -0.39 is 0 Å². The highest BCUT2D eigenvalue weighted by molar-refractivity contribution is 6.00. The Morgan fingerprint density at radius 2 is 1.83 bits per heavy atom. The van der Waals surface area contributed by atoms with E-state index in [2.05, 4.69) is 43.3 Å². The van der Waals surface area contributed by atoms with Gasteiger partial charge in [-0.1, -0.05) is 12.1 Å². The van der Waals surface area contributed by atoms with Crippen molar-refractivity contribution in [3.63, 3.8) is 0 Å². The number of hydrogen-bond donors (Lipinski definition) is 2. The molecule has 0 spiro atoms. The first-order valence-corrected chi connectivity index (χ1v) is 9.27. The minimum absolute atomic E-state index is 0.815. The minimum atomic E-state index is 0.815. The van der Waals surface area contributed by atoms with Crippen molar-refractivity contribution in [3.05, 3.63) is 79.5 Å². The Morgan fingerprint density at radius 3 is 2.69 bits per heavy atom. The SMILES string of the molecule is c1ccc(-c2ccc3[nH]nc(-c4cc5c(-c6ccoc6)ccnc5[nH]4)c3c2)nc1. The summed E-state index contributed by atoms with van der Waals surface area (Å²) in [6.07, 6.45) is 7.02. The quantitative estimate of drug-likeness (QED) is 0.431. The number of aromatic nitrogens is 5. The summed E-state index contributed by atoms with van der Waals surface area (Å²) in [5.41, 5.74) is 7.63. The Labute approximate surface area is 165 Å². The fourth-order valence-electron chi connectivity index (χ4n) is 3.74. The summed E-state index contributed by atoms with van der Waals surface area (Å²) in [5, 5.41) is 9.75. The summed E-state index contributed by atoms with van der Waals surface area (Å²) in [4.78, 5) is 12.4. The molecule has 2 N–H and O–H groups in total. The van der Waals surface area contributed by atoms with E-state index in [1.807, 2.05) is 36.4 Å². The molecule has 0 saturated carbocycles. The first-order valence-electron chi connectivity index (χ1n) is 9.27. The molecule has 0 aliphatic rings. The number of furan rings is 1. The van der Waals surface area contributed by atoms with Gasteiger partial charge in [0.1, 0.15) is 11.3 Å². The zero-order chi connectivity index (χ0) is 19.2. The second-order valence-corrected chi connectivity index (χ2v) is 6.86. The van der Waals surface area contributed by atoms with Gasteiger partial charge in [-0.05, 0) is 48.0 Å². The van der Waals surface area contributed by atoms with Gasteiger partial charge in [0.05, 0.1) is 29.4 Å². The highest BCUT2D eigenvalue weighted by atomic mass is 16.3. The van der Waals surface area contributed by atoms with E-state index in [0.717, 1.165) is 55.7 Å². The van der Waals surface area contributed by atoms with Gasteiger partial charge in [-0.3, -0.25) is 10.1 Å². The van der Waals surface area contributed by atoms with Crippen LogP contribution in [-0.4, -0.2) is 25.1 Å². The third kappa shape index (κ3) is 2.54. The fourth-order valence-corrected chi connectivity index (χ4v) is 3.74. The van der Waals surface area contributed by atoms with Crippen LogP contribution in [0.1, 0.15) is 0 Å². The molecular weight excluding hydrogens is 362 g/mol. The lowest BCUT2D eigenvalue weighted by Crippen LogP contribution is -1.83. The first-order chi connectivity index (χ1) is 14.4. The van der Waals surface area contributed by atoms with Gasteiger partial charge in [0.25, 0.3) is 0 Å². The molecule has 0 aliphatic heterocycles. The molecule has 0 amide bonds. The van der Waals surface area contributed by atoms with E-state index in [9.17, 15) is 0 Å². The van der Waals surface area contributed by atoms with Gasteiger partial charge in [-0.25, -0.2) is 4.98 Å². The van der Waals surface area contributed by atoms with Crippen LogP contribution in [-0.2, 0) is 0 Å². The van der Waals surface area contributed by atoms with E-state index in [-0.39, 0.29) is 0 Å². The molecule has 6 aromatic rings. The largest absolute Gasteiger partial charge is 0.472 e. The van der Waals surface area contributed by atoms with Crippen LogP contribution < -0.4 is 0 Å². The van der Waals surface area contributed by atoms with E-state index in [4.69, 9.17) is 4.42 Å². The van der Waals surface area contributed by atoms with Crippen molar-refractivity contribution in [2.24, 2.45) is 0 Å². The van der Waals surface area contributed by atoms with Crippen molar-refractivity contribution in [1.29, 1.82) is 0 Å². The number of fused-ring (bicyclic) bond motifs is 2. The van der Waals surface area contributed by atoms with E-state index >= 15 is 0 Å². The summed E-state index contributed by atoms with van der Waals surface area (Å²) in [6.45, 7) is 0. The number of hydrogen-bond acceptors (Lipinski definition) is 4. The molecule has 6 heteroatoms. The number of benzene rings is 1. The van der Waals surface area contributed by atoms with Crippen molar-refractivity contribution in [2.75, 3.05) is 0 Å². The maximum absolute atomic E-state index is 5.26. The summed E-state index contributed by atoms with van der Waals surface area (Å²) in [7, 11) is 0. The molecule has 138 valence electrons. The van der Waals surface area contributed by atoms with Crippen LogP contribution in [0.5, 0.6) is 0 Å². The topological polar surface area (TPSA) is 83.4 Å². The van der Waals surface area contributed by atoms with Crippen LogP contribution in [0.15, 0.2) is 83.9 Å². The van der Waals surface area contributed by atoms with Crippen LogP contribution >= 0.6 is 0 Å². The third-order valence-corrected chi connectivity index (χ3v) is 5.14. The number of nitrogens with zero attached hydrogens (tertiary/aromatic N) is 3. The molecule has 0 saturated heterocycles. The number of nitrogens with one attached hydrogen (secondary N) is 2. The molecule has 5 aromatic heterocycles. The van der Waals surface area contributed by atoms with Crippen molar-refractivity contribution in [1.82, 2.24) is 25.1 Å². The molecule has 0 fully saturated rings. The fraction of sp³-hybridized carbons (Fsp3) is 0. The highest BCUT2D eigenvalue weighted by Crippen LogP contribution is 2.34. The molecule has 6 rings (SSSR count). The average molecular weight is 377 g/mol. The van der Waals surface area contributed by atoms with Gasteiger partial charge >= 0.3 is 0 Å². The summed E-state index contributed by atoms with van der Waals surface area (Å²) < 4.78 is 5.26. The van der Waals surface area contributed by atoms with Crippen molar-refractivity contribution < 1.29 is 4.42 Å². The first kappa shape index (κ1) is 15.8. The predicted molar refractivity (Wildman–Crippen MR) is 112 cm³/mol. The molecule has 0 atom stereocenters. The van der Waals surface area contributed by atoms with Gasteiger partial charge in [0, 0.05) is 34.3 Å². The Morgan fingerprint density at radius 1 is 0.828 bits per heavy atom. The maximum Gasteiger partial charge on any atom is 0.138 e. The molecule has 0 radical (unpaired) electrons. The molecule has 0 unspecified atom stereocenters. The van der Waals surface area contributed by atoms with Gasteiger partial charge in [0.15, 0.2) is 0 Å². The number of rotatable bonds is 3. The second kappa shape index (κ2) is 6.17. The Hall–Kier alpha value is -4.19. The lowest BCUT2D eigenvalue weighted by Gasteiger charge is -2.01. The average Bonchev–Trinajstić information content (AvgIpc) is 3.52. The predicted octanol–water partition coefficient (Wildman–Crippen LogP) is 5.43. The standard InChI is InChI=1S/C23H15N5O/c1-2-8-24-19(3-1)14-4-5-20-18(11-14)22(28-27-20)21-12-17-16(15-7-10-29-13-15)6-9-25-23(17)26-21/h1-13H,(H,25,26)(H,27,28). The maximum atomic E-state index is 5.26. The molecule has 5 heterocycles. The zero-order valence-corrected chi connectivity index (χ0v) is 15.3. The normalized spacial score (nSPS) is 11.4. The monoisotopic (exact) mass is 377 g/mol. The number of aromatic amines is 2. The second-order valence-electron chi connectivity index (χ2n) is 6.86. The van der Waals surface area contributed by atoms with Gasteiger partial charge in [-0.15, -0.1) is 0 Å². The van der Waals surface area contributed by atoms with Crippen molar-refractivity contribution in [2.45, 2.75) is 0 Å². The number of pyridine rings is 2. The molecule has 6 nitrogen and oxygen atoms in total. The molecule has 29 heavy (non-hydrogen) atoms. The molecule has 1 aromatic carbocycles.